The van der Waals surface area contributed by atoms with Crippen LogP contribution in [0.1, 0.15) is 31.4 Å². The van der Waals surface area contributed by atoms with E-state index in [9.17, 15) is 8.42 Å². The Hall–Kier alpha value is -1.11. The second kappa shape index (κ2) is 7.77. The van der Waals surface area contributed by atoms with E-state index >= 15 is 0 Å². The number of rotatable bonds is 8. The Bertz CT molecular complexity index is 545. The number of nitrogens with two attached hydrogens (primary N) is 1. The van der Waals surface area contributed by atoms with E-state index in [1.54, 1.807) is 26.0 Å². The van der Waals surface area contributed by atoms with Crippen molar-refractivity contribution < 1.29 is 13.2 Å². The fraction of sp³-hybridized carbons (Fsp3) is 0.600. The quantitative estimate of drug-likeness (QED) is 0.569. The summed E-state index contributed by atoms with van der Waals surface area (Å²) in [6.45, 7) is 9.28. The number of anilines is 1. The standard InChI is InChI=1S/C15H26N2O3S/c1-11(2)10-20-7-5-6-17-21(18,19)15-12(3)8-14(16)9-13(15)4/h8-9,11,17H,5-7,10,16H2,1-4H3. The number of benzene rings is 1. The largest absolute Gasteiger partial charge is 0.399 e. The van der Waals surface area contributed by atoms with Crippen molar-refractivity contribution in [2.45, 2.75) is 39.0 Å². The van der Waals surface area contributed by atoms with E-state index in [0.717, 1.165) is 0 Å². The number of sulfonamides is 1. The molecule has 0 aliphatic carbocycles. The highest BCUT2D eigenvalue weighted by Crippen LogP contribution is 2.22. The predicted molar refractivity (Wildman–Crippen MR) is 85.8 cm³/mol. The summed E-state index contributed by atoms with van der Waals surface area (Å²) in [5.41, 5.74) is 7.62. The van der Waals surface area contributed by atoms with Crippen LogP contribution in [0, 0.1) is 19.8 Å². The minimum Gasteiger partial charge on any atom is -0.399 e. The molecule has 21 heavy (non-hydrogen) atoms. The Morgan fingerprint density at radius 1 is 1.24 bits per heavy atom. The molecule has 0 heterocycles. The maximum absolute atomic E-state index is 12.3. The number of hydrogen-bond acceptors (Lipinski definition) is 4. The van der Waals surface area contributed by atoms with Gasteiger partial charge in [0.05, 0.1) is 4.90 Å². The summed E-state index contributed by atoms with van der Waals surface area (Å²) >= 11 is 0. The van der Waals surface area contributed by atoms with Gasteiger partial charge in [0.1, 0.15) is 0 Å². The smallest absolute Gasteiger partial charge is 0.241 e. The molecule has 0 fully saturated rings. The van der Waals surface area contributed by atoms with Crippen molar-refractivity contribution in [2.24, 2.45) is 5.92 Å². The molecule has 0 saturated carbocycles. The van der Waals surface area contributed by atoms with Gasteiger partial charge in [-0.15, -0.1) is 0 Å². The SMILES string of the molecule is Cc1cc(N)cc(C)c1S(=O)(=O)NCCCOCC(C)C. The summed E-state index contributed by atoms with van der Waals surface area (Å²) in [5, 5.41) is 0. The van der Waals surface area contributed by atoms with Crippen molar-refractivity contribution in [3.8, 4) is 0 Å². The van der Waals surface area contributed by atoms with Gasteiger partial charge in [-0.2, -0.15) is 0 Å². The first-order valence-corrected chi connectivity index (χ1v) is 8.66. The zero-order chi connectivity index (χ0) is 16.0. The summed E-state index contributed by atoms with van der Waals surface area (Å²) in [7, 11) is -3.50. The first-order chi connectivity index (χ1) is 9.74. The monoisotopic (exact) mass is 314 g/mol. The van der Waals surface area contributed by atoms with Gasteiger partial charge in [-0.05, 0) is 49.4 Å². The van der Waals surface area contributed by atoms with Crippen molar-refractivity contribution in [2.75, 3.05) is 25.5 Å². The molecule has 0 aliphatic heterocycles. The second-order valence-electron chi connectivity index (χ2n) is 5.70. The predicted octanol–water partition coefficient (Wildman–Crippen LogP) is 2.23. The normalized spacial score (nSPS) is 12.0. The fourth-order valence-electron chi connectivity index (χ4n) is 2.18. The van der Waals surface area contributed by atoms with E-state index in [-0.39, 0.29) is 0 Å². The zero-order valence-corrected chi connectivity index (χ0v) is 14.1. The van der Waals surface area contributed by atoms with Crippen LogP contribution in [-0.4, -0.2) is 28.2 Å². The third-order valence-corrected chi connectivity index (χ3v) is 4.73. The zero-order valence-electron chi connectivity index (χ0n) is 13.3. The third kappa shape index (κ3) is 5.65. The number of nitrogens with one attached hydrogen (secondary N) is 1. The van der Waals surface area contributed by atoms with E-state index < -0.39 is 10.0 Å². The lowest BCUT2D eigenvalue weighted by Crippen LogP contribution is -2.27. The van der Waals surface area contributed by atoms with Gasteiger partial charge >= 0.3 is 0 Å². The molecule has 120 valence electrons. The van der Waals surface area contributed by atoms with E-state index in [4.69, 9.17) is 10.5 Å². The molecular formula is C15H26N2O3S. The van der Waals surface area contributed by atoms with Crippen LogP contribution < -0.4 is 10.5 Å². The first kappa shape index (κ1) is 17.9. The van der Waals surface area contributed by atoms with Crippen LogP contribution in [0.15, 0.2) is 17.0 Å². The van der Waals surface area contributed by atoms with Crippen molar-refractivity contribution >= 4 is 15.7 Å². The number of nitrogen functional groups attached to an aromatic ring is 1. The van der Waals surface area contributed by atoms with Gasteiger partial charge in [0.15, 0.2) is 0 Å². The van der Waals surface area contributed by atoms with Crippen molar-refractivity contribution in [3.63, 3.8) is 0 Å². The summed E-state index contributed by atoms with van der Waals surface area (Å²) < 4.78 is 32.7. The van der Waals surface area contributed by atoms with Crippen molar-refractivity contribution in [3.05, 3.63) is 23.3 Å². The van der Waals surface area contributed by atoms with E-state index in [1.807, 2.05) is 0 Å². The molecule has 0 saturated heterocycles. The average Bonchev–Trinajstić information content (AvgIpc) is 2.31. The van der Waals surface area contributed by atoms with Crippen molar-refractivity contribution in [1.82, 2.24) is 4.72 Å². The van der Waals surface area contributed by atoms with E-state index in [1.165, 1.54) is 0 Å². The molecule has 0 amide bonds. The van der Waals surface area contributed by atoms with E-state index in [2.05, 4.69) is 18.6 Å². The average molecular weight is 314 g/mol. The highest BCUT2D eigenvalue weighted by molar-refractivity contribution is 7.89. The summed E-state index contributed by atoms with van der Waals surface area (Å²) in [6, 6.07) is 3.35. The van der Waals surface area contributed by atoms with Crippen molar-refractivity contribution in [1.29, 1.82) is 0 Å². The molecule has 0 radical (unpaired) electrons. The van der Waals surface area contributed by atoms with Gasteiger partial charge in [-0.1, -0.05) is 13.8 Å². The maximum Gasteiger partial charge on any atom is 0.241 e. The minimum absolute atomic E-state index is 0.319. The third-order valence-electron chi connectivity index (χ3n) is 2.96. The Labute approximate surface area is 127 Å². The van der Waals surface area contributed by atoms with Gasteiger partial charge in [-0.3, -0.25) is 0 Å². The molecule has 0 spiro atoms. The summed E-state index contributed by atoms with van der Waals surface area (Å²) in [4.78, 5) is 0.319. The fourth-order valence-corrected chi connectivity index (χ4v) is 3.70. The summed E-state index contributed by atoms with van der Waals surface area (Å²) in [6.07, 6.45) is 0.652. The lowest BCUT2D eigenvalue weighted by atomic mass is 10.1. The van der Waals surface area contributed by atoms with Gasteiger partial charge in [-0.25, -0.2) is 13.1 Å². The highest BCUT2D eigenvalue weighted by Gasteiger charge is 2.19. The molecule has 0 unspecified atom stereocenters. The molecule has 3 N–H and O–H groups in total. The van der Waals surface area contributed by atoms with Gasteiger partial charge < -0.3 is 10.5 Å². The van der Waals surface area contributed by atoms with Crippen LogP contribution >= 0.6 is 0 Å². The number of ether oxygens (including phenoxy) is 1. The Morgan fingerprint density at radius 3 is 2.33 bits per heavy atom. The van der Waals surface area contributed by atoms with Gasteiger partial charge in [0.25, 0.3) is 0 Å². The molecule has 1 aromatic carbocycles. The van der Waals surface area contributed by atoms with Crippen LogP contribution in [-0.2, 0) is 14.8 Å². The van der Waals surface area contributed by atoms with Crippen LogP contribution in [0.2, 0.25) is 0 Å². The van der Waals surface area contributed by atoms with Crippen LogP contribution in [0.3, 0.4) is 0 Å². The molecule has 5 nitrogen and oxygen atoms in total. The number of hydrogen-bond donors (Lipinski definition) is 2. The summed E-state index contributed by atoms with van der Waals surface area (Å²) in [5.74, 6) is 0.488. The molecule has 6 heteroatoms. The highest BCUT2D eigenvalue weighted by atomic mass is 32.2. The topological polar surface area (TPSA) is 81.4 Å². The Kier molecular flexibility index (Phi) is 6.64. The maximum atomic E-state index is 12.3. The Balaban J connectivity index is 2.59. The van der Waals surface area contributed by atoms with Crippen LogP contribution in [0.25, 0.3) is 0 Å². The van der Waals surface area contributed by atoms with Crippen LogP contribution in [0.4, 0.5) is 5.69 Å². The van der Waals surface area contributed by atoms with Crippen LogP contribution in [0.5, 0.6) is 0 Å². The molecule has 0 aliphatic rings. The molecule has 0 atom stereocenters. The molecule has 0 bridgehead atoms. The molecule has 0 aromatic heterocycles. The second-order valence-corrected chi connectivity index (χ2v) is 7.41. The lowest BCUT2D eigenvalue weighted by molar-refractivity contribution is 0.108. The minimum atomic E-state index is -3.50. The molecular weight excluding hydrogens is 288 g/mol. The molecule has 1 aromatic rings. The Morgan fingerprint density at radius 2 is 1.81 bits per heavy atom. The first-order valence-electron chi connectivity index (χ1n) is 7.18. The van der Waals surface area contributed by atoms with E-state index in [0.29, 0.717) is 53.8 Å². The van der Waals surface area contributed by atoms with Gasteiger partial charge in [0, 0.05) is 25.4 Å². The molecule has 1 rings (SSSR count). The van der Waals surface area contributed by atoms with Gasteiger partial charge in [0.2, 0.25) is 10.0 Å². The lowest BCUT2D eigenvalue weighted by Gasteiger charge is -2.13. The number of aryl methyl sites for hydroxylation is 2.